The molecule has 15 heavy (non-hydrogen) atoms. The summed E-state index contributed by atoms with van der Waals surface area (Å²) in [6.07, 6.45) is 7.53. The second kappa shape index (κ2) is 4.79. The Morgan fingerprint density at radius 1 is 1.60 bits per heavy atom. The minimum absolute atomic E-state index is 0.414. The molecule has 2 rings (SSSR count). The first-order valence-electron chi connectivity index (χ1n) is 5.98. The van der Waals surface area contributed by atoms with Gasteiger partial charge in [-0.1, -0.05) is 19.3 Å². The lowest BCUT2D eigenvalue weighted by Crippen LogP contribution is -2.25. The highest BCUT2D eigenvalue weighted by atomic mass is 15.3. The topological polar surface area (TPSA) is 29.9 Å². The van der Waals surface area contributed by atoms with Gasteiger partial charge in [0, 0.05) is 19.3 Å². The Hall–Kier alpha value is -0.830. The van der Waals surface area contributed by atoms with E-state index in [1.165, 1.54) is 31.4 Å². The summed E-state index contributed by atoms with van der Waals surface area (Å²) >= 11 is 0. The minimum atomic E-state index is 0.414. The SMILES string of the molecule is CC(NCCC1CCC1)c1ccnn1C. The molecule has 0 saturated heterocycles. The number of rotatable bonds is 5. The van der Waals surface area contributed by atoms with Crippen molar-refractivity contribution < 1.29 is 0 Å². The summed E-state index contributed by atoms with van der Waals surface area (Å²) in [5, 5.41) is 7.75. The van der Waals surface area contributed by atoms with Crippen LogP contribution >= 0.6 is 0 Å². The van der Waals surface area contributed by atoms with Crippen LogP contribution in [-0.4, -0.2) is 16.3 Å². The molecule has 84 valence electrons. The molecule has 0 radical (unpaired) electrons. The highest BCUT2D eigenvalue weighted by Gasteiger charge is 2.17. The third-order valence-corrected chi connectivity index (χ3v) is 3.53. The predicted molar refractivity (Wildman–Crippen MR) is 61.6 cm³/mol. The molecule has 0 bridgehead atoms. The van der Waals surface area contributed by atoms with Gasteiger partial charge in [0.05, 0.1) is 5.69 Å². The van der Waals surface area contributed by atoms with E-state index in [0.717, 1.165) is 12.5 Å². The van der Waals surface area contributed by atoms with Gasteiger partial charge in [-0.15, -0.1) is 0 Å². The van der Waals surface area contributed by atoms with E-state index in [1.54, 1.807) is 0 Å². The molecule has 0 amide bonds. The summed E-state index contributed by atoms with van der Waals surface area (Å²) in [7, 11) is 2.00. The Balaban J connectivity index is 1.72. The molecular weight excluding hydrogens is 186 g/mol. The van der Waals surface area contributed by atoms with Crippen molar-refractivity contribution in [3.8, 4) is 0 Å². The smallest absolute Gasteiger partial charge is 0.0547 e. The first kappa shape index (κ1) is 10.7. The van der Waals surface area contributed by atoms with Crippen LogP contribution in [0.2, 0.25) is 0 Å². The van der Waals surface area contributed by atoms with E-state index in [9.17, 15) is 0 Å². The lowest BCUT2D eigenvalue weighted by molar-refractivity contribution is 0.288. The second-order valence-corrected chi connectivity index (χ2v) is 4.64. The highest BCUT2D eigenvalue weighted by Crippen LogP contribution is 2.28. The van der Waals surface area contributed by atoms with Gasteiger partial charge < -0.3 is 5.32 Å². The van der Waals surface area contributed by atoms with E-state index >= 15 is 0 Å². The Bertz CT molecular complexity index is 302. The Morgan fingerprint density at radius 3 is 2.93 bits per heavy atom. The Kier molecular flexibility index (Phi) is 3.41. The van der Waals surface area contributed by atoms with Crippen molar-refractivity contribution in [1.82, 2.24) is 15.1 Å². The van der Waals surface area contributed by atoms with Gasteiger partial charge >= 0.3 is 0 Å². The molecular formula is C12H21N3. The van der Waals surface area contributed by atoms with Crippen LogP contribution in [0.15, 0.2) is 12.3 Å². The second-order valence-electron chi connectivity index (χ2n) is 4.64. The summed E-state index contributed by atoms with van der Waals surface area (Å²) in [6.45, 7) is 3.34. The molecule has 1 N–H and O–H groups in total. The van der Waals surface area contributed by atoms with E-state index in [0.29, 0.717) is 6.04 Å². The maximum absolute atomic E-state index is 4.18. The number of nitrogens with zero attached hydrogens (tertiary/aromatic N) is 2. The molecule has 1 aliphatic carbocycles. The van der Waals surface area contributed by atoms with Gasteiger partial charge in [-0.2, -0.15) is 5.10 Å². The fourth-order valence-corrected chi connectivity index (χ4v) is 2.20. The number of aryl methyl sites for hydroxylation is 1. The van der Waals surface area contributed by atoms with Crippen molar-refractivity contribution in [3.05, 3.63) is 18.0 Å². The first-order valence-corrected chi connectivity index (χ1v) is 5.98. The lowest BCUT2D eigenvalue weighted by atomic mass is 9.83. The van der Waals surface area contributed by atoms with Crippen LogP contribution in [0.25, 0.3) is 0 Å². The standard InChI is InChI=1S/C12H21N3/c1-10(12-7-9-14-15(12)2)13-8-6-11-4-3-5-11/h7,9-11,13H,3-6,8H2,1-2H3. The predicted octanol–water partition coefficient (Wildman–Crippen LogP) is 2.26. The van der Waals surface area contributed by atoms with Crippen molar-refractivity contribution in [3.63, 3.8) is 0 Å². The molecule has 1 heterocycles. The fraction of sp³-hybridized carbons (Fsp3) is 0.750. The first-order chi connectivity index (χ1) is 7.27. The number of aromatic nitrogens is 2. The molecule has 0 spiro atoms. The van der Waals surface area contributed by atoms with Crippen molar-refractivity contribution in [2.45, 2.75) is 38.6 Å². The third-order valence-electron chi connectivity index (χ3n) is 3.53. The highest BCUT2D eigenvalue weighted by molar-refractivity contribution is 5.05. The largest absolute Gasteiger partial charge is 0.309 e. The Morgan fingerprint density at radius 2 is 2.40 bits per heavy atom. The minimum Gasteiger partial charge on any atom is -0.309 e. The maximum atomic E-state index is 4.18. The van der Waals surface area contributed by atoms with Crippen LogP contribution in [0.1, 0.15) is 44.3 Å². The summed E-state index contributed by atoms with van der Waals surface area (Å²) in [5.74, 6) is 0.997. The lowest BCUT2D eigenvalue weighted by Gasteiger charge is -2.26. The molecule has 0 aliphatic heterocycles. The van der Waals surface area contributed by atoms with Gasteiger partial charge in [0.2, 0.25) is 0 Å². The summed E-state index contributed by atoms with van der Waals surface area (Å²) in [6, 6.07) is 2.50. The van der Waals surface area contributed by atoms with Gasteiger partial charge in [0.25, 0.3) is 0 Å². The molecule has 0 aromatic carbocycles. The number of hydrogen-bond acceptors (Lipinski definition) is 2. The Labute approximate surface area is 91.9 Å². The zero-order chi connectivity index (χ0) is 10.7. The van der Waals surface area contributed by atoms with Crippen LogP contribution < -0.4 is 5.32 Å². The maximum Gasteiger partial charge on any atom is 0.0547 e. The average Bonchev–Trinajstić information content (AvgIpc) is 2.55. The van der Waals surface area contributed by atoms with E-state index < -0.39 is 0 Å². The van der Waals surface area contributed by atoms with E-state index in [4.69, 9.17) is 0 Å². The zero-order valence-electron chi connectivity index (χ0n) is 9.74. The van der Waals surface area contributed by atoms with Gasteiger partial charge in [0.15, 0.2) is 0 Å². The van der Waals surface area contributed by atoms with Crippen molar-refractivity contribution in [1.29, 1.82) is 0 Å². The molecule has 3 heteroatoms. The van der Waals surface area contributed by atoms with Gasteiger partial charge in [-0.25, -0.2) is 0 Å². The molecule has 1 saturated carbocycles. The van der Waals surface area contributed by atoms with E-state index in [1.807, 2.05) is 17.9 Å². The quantitative estimate of drug-likeness (QED) is 0.802. The van der Waals surface area contributed by atoms with Crippen LogP contribution in [0.3, 0.4) is 0 Å². The molecule has 1 atom stereocenters. The van der Waals surface area contributed by atoms with Crippen LogP contribution in [0.4, 0.5) is 0 Å². The normalized spacial score (nSPS) is 18.8. The van der Waals surface area contributed by atoms with Crippen molar-refractivity contribution in [2.75, 3.05) is 6.54 Å². The van der Waals surface area contributed by atoms with Crippen LogP contribution in [0, 0.1) is 5.92 Å². The average molecular weight is 207 g/mol. The number of hydrogen-bond donors (Lipinski definition) is 1. The van der Waals surface area contributed by atoms with E-state index in [-0.39, 0.29) is 0 Å². The zero-order valence-corrected chi connectivity index (χ0v) is 9.74. The van der Waals surface area contributed by atoms with Gasteiger partial charge in [0.1, 0.15) is 0 Å². The summed E-state index contributed by atoms with van der Waals surface area (Å²) in [5.41, 5.74) is 1.27. The van der Waals surface area contributed by atoms with Gasteiger partial charge in [-0.3, -0.25) is 4.68 Å². The summed E-state index contributed by atoms with van der Waals surface area (Å²) in [4.78, 5) is 0. The van der Waals surface area contributed by atoms with Crippen LogP contribution in [-0.2, 0) is 7.05 Å². The van der Waals surface area contributed by atoms with E-state index in [2.05, 4.69) is 23.4 Å². The van der Waals surface area contributed by atoms with Gasteiger partial charge in [-0.05, 0) is 31.9 Å². The number of nitrogens with one attached hydrogen (secondary N) is 1. The molecule has 1 aliphatic rings. The summed E-state index contributed by atoms with van der Waals surface area (Å²) < 4.78 is 1.95. The molecule has 1 unspecified atom stereocenters. The fourth-order valence-electron chi connectivity index (χ4n) is 2.20. The molecule has 1 aromatic rings. The third kappa shape index (κ3) is 2.59. The van der Waals surface area contributed by atoms with Crippen molar-refractivity contribution >= 4 is 0 Å². The molecule has 3 nitrogen and oxygen atoms in total. The van der Waals surface area contributed by atoms with Crippen molar-refractivity contribution in [2.24, 2.45) is 13.0 Å². The molecule has 1 fully saturated rings. The molecule has 1 aromatic heterocycles. The van der Waals surface area contributed by atoms with Crippen LogP contribution in [0.5, 0.6) is 0 Å². The monoisotopic (exact) mass is 207 g/mol.